The maximum Gasteiger partial charge on any atom is 0.241 e. The Hall–Kier alpha value is -1.60. The van der Waals surface area contributed by atoms with Crippen LogP contribution in [0.15, 0.2) is 29.2 Å². The molecule has 7 heteroatoms. The van der Waals surface area contributed by atoms with Gasteiger partial charge in [0.25, 0.3) is 0 Å². The van der Waals surface area contributed by atoms with Crippen molar-refractivity contribution in [3.8, 4) is 5.75 Å². The molecule has 1 rings (SSSR count). The van der Waals surface area contributed by atoms with Crippen LogP contribution in [-0.2, 0) is 14.8 Å². The Labute approximate surface area is 125 Å². The second kappa shape index (κ2) is 7.42. The van der Waals surface area contributed by atoms with Gasteiger partial charge in [-0.2, -0.15) is 4.72 Å². The van der Waals surface area contributed by atoms with Crippen LogP contribution in [0, 0.1) is 0 Å². The highest BCUT2D eigenvalue weighted by Gasteiger charge is 2.22. The molecule has 1 aromatic carbocycles. The van der Waals surface area contributed by atoms with E-state index in [4.69, 9.17) is 4.74 Å². The summed E-state index contributed by atoms with van der Waals surface area (Å²) in [5.41, 5.74) is 0. The molecular weight excluding hydrogens is 292 g/mol. The third-order valence-corrected chi connectivity index (χ3v) is 4.16. The van der Waals surface area contributed by atoms with E-state index in [9.17, 15) is 13.2 Å². The van der Waals surface area contributed by atoms with E-state index in [0.717, 1.165) is 0 Å². The van der Waals surface area contributed by atoms with Gasteiger partial charge in [-0.1, -0.05) is 0 Å². The molecule has 21 heavy (non-hydrogen) atoms. The molecule has 0 bridgehead atoms. The van der Waals surface area contributed by atoms with E-state index < -0.39 is 16.1 Å². The summed E-state index contributed by atoms with van der Waals surface area (Å²) >= 11 is 0. The molecule has 0 unspecified atom stereocenters. The van der Waals surface area contributed by atoms with E-state index in [1.807, 2.05) is 20.8 Å². The van der Waals surface area contributed by atoms with Crippen molar-refractivity contribution in [3.05, 3.63) is 24.3 Å². The standard InChI is InChI=1S/C14H22N2O4S/c1-5-20-12-6-8-13(9-7-12)21(18,19)16-11(4)14(17)15-10(2)3/h6-11,16H,5H2,1-4H3,(H,15,17)/t11-/m0/s1. The predicted molar refractivity (Wildman–Crippen MR) is 80.7 cm³/mol. The van der Waals surface area contributed by atoms with Crippen LogP contribution in [0.4, 0.5) is 0 Å². The first kappa shape index (κ1) is 17.5. The molecule has 118 valence electrons. The molecule has 2 N–H and O–H groups in total. The van der Waals surface area contributed by atoms with Gasteiger partial charge in [0, 0.05) is 6.04 Å². The van der Waals surface area contributed by atoms with Gasteiger partial charge in [-0.3, -0.25) is 4.79 Å². The highest BCUT2D eigenvalue weighted by molar-refractivity contribution is 7.89. The number of carbonyl (C=O) groups is 1. The number of sulfonamides is 1. The second-order valence-electron chi connectivity index (χ2n) is 4.91. The van der Waals surface area contributed by atoms with Crippen LogP contribution < -0.4 is 14.8 Å². The van der Waals surface area contributed by atoms with Crippen LogP contribution in [0.1, 0.15) is 27.7 Å². The van der Waals surface area contributed by atoms with E-state index in [1.165, 1.54) is 19.1 Å². The molecule has 0 aliphatic heterocycles. The molecule has 0 saturated heterocycles. The van der Waals surface area contributed by atoms with Crippen molar-refractivity contribution in [1.29, 1.82) is 0 Å². The number of amides is 1. The third-order valence-electron chi connectivity index (χ3n) is 2.60. The van der Waals surface area contributed by atoms with Gasteiger partial charge >= 0.3 is 0 Å². The highest BCUT2D eigenvalue weighted by atomic mass is 32.2. The van der Waals surface area contributed by atoms with Crippen molar-refractivity contribution in [2.45, 2.75) is 44.7 Å². The molecule has 0 aliphatic rings. The fourth-order valence-corrected chi connectivity index (χ4v) is 2.85. The van der Waals surface area contributed by atoms with Gasteiger partial charge in [0.15, 0.2) is 0 Å². The molecule has 0 aromatic heterocycles. The van der Waals surface area contributed by atoms with Gasteiger partial charge in [-0.15, -0.1) is 0 Å². The smallest absolute Gasteiger partial charge is 0.241 e. The van der Waals surface area contributed by atoms with Crippen LogP contribution in [0.25, 0.3) is 0 Å². The van der Waals surface area contributed by atoms with Crippen molar-refractivity contribution >= 4 is 15.9 Å². The lowest BCUT2D eigenvalue weighted by Gasteiger charge is -2.16. The Kier molecular flexibility index (Phi) is 6.17. The summed E-state index contributed by atoms with van der Waals surface area (Å²) in [6.07, 6.45) is 0. The summed E-state index contributed by atoms with van der Waals surface area (Å²) in [6.45, 7) is 7.49. The van der Waals surface area contributed by atoms with E-state index in [2.05, 4.69) is 10.0 Å². The average Bonchev–Trinajstić information content (AvgIpc) is 2.38. The van der Waals surface area contributed by atoms with Crippen molar-refractivity contribution < 1.29 is 17.9 Å². The summed E-state index contributed by atoms with van der Waals surface area (Å²) in [4.78, 5) is 11.8. The van der Waals surface area contributed by atoms with Crippen LogP contribution in [0.3, 0.4) is 0 Å². The minimum atomic E-state index is -3.74. The van der Waals surface area contributed by atoms with Gasteiger partial charge in [0.05, 0.1) is 17.5 Å². The van der Waals surface area contributed by atoms with Crippen molar-refractivity contribution in [2.24, 2.45) is 0 Å². The molecule has 6 nitrogen and oxygen atoms in total. The maximum atomic E-state index is 12.2. The lowest BCUT2D eigenvalue weighted by Crippen LogP contribution is -2.46. The number of ether oxygens (including phenoxy) is 1. The van der Waals surface area contributed by atoms with Gasteiger partial charge in [-0.05, 0) is 52.0 Å². The molecule has 0 heterocycles. The molecule has 1 aromatic rings. The first-order valence-electron chi connectivity index (χ1n) is 6.82. The number of hydrogen-bond donors (Lipinski definition) is 2. The van der Waals surface area contributed by atoms with E-state index in [0.29, 0.717) is 12.4 Å². The summed E-state index contributed by atoms with van der Waals surface area (Å²) in [7, 11) is -3.74. The SMILES string of the molecule is CCOc1ccc(S(=O)(=O)N[C@@H](C)C(=O)NC(C)C)cc1. The lowest BCUT2D eigenvalue weighted by atomic mass is 10.3. The number of rotatable bonds is 7. The largest absolute Gasteiger partial charge is 0.494 e. The topological polar surface area (TPSA) is 84.5 Å². The summed E-state index contributed by atoms with van der Waals surface area (Å²) in [6, 6.07) is 5.16. The monoisotopic (exact) mass is 314 g/mol. The van der Waals surface area contributed by atoms with E-state index in [-0.39, 0.29) is 16.8 Å². The van der Waals surface area contributed by atoms with Crippen LogP contribution >= 0.6 is 0 Å². The number of nitrogens with one attached hydrogen (secondary N) is 2. The third kappa shape index (κ3) is 5.35. The van der Waals surface area contributed by atoms with Crippen LogP contribution in [-0.4, -0.2) is 33.0 Å². The first-order chi connectivity index (χ1) is 9.76. The predicted octanol–water partition coefficient (Wildman–Crippen LogP) is 1.28. The quantitative estimate of drug-likeness (QED) is 0.794. The zero-order chi connectivity index (χ0) is 16.0. The van der Waals surface area contributed by atoms with Gasteiger partial charge in [0.1, 0.15) is 5.75 Å². The Morgan fingerprint density at radius 2 is 1.76 bits per heavy atom. The molecule has 0 radical (unpaired) electrons. The van der Waals surface area contributed by atoms with Crippen molar-refractivity contribution in [1.82, 2.24) is 10.0 Å². The Morgan fingerprint density at radius 1 is 1.19 bits per heavy atom. The minimum Gasteiger partial charge on any atom is -0.494 e. The number of benzene rings is 1. The van der Waals surface area contributed by atoms with Gasteiger partial charge < -0.3 is 10.1 Å². The fourth-order valence-electron chi connectivity index (χ4n) is 1.65. The zero-order valence-electron chi connectivity index (χ0n) is 12.7. The highest BCUT2D eigenvalue weighted by Crippen LogP contribution is 2.16. The van der Waals surface area contributed by atoms with Gasteiger partial charge in [0.2, 0.25) is 15.9 Å². The molecule has 0 spiro atoms. The Balaban J connectivity index is 2.79. The molecule has 1 amide bonds. The zero-order valence-corrected chi connectivity index (χ0v) is 13.5. The van der Waals surface area contributed by atoms with Crippen LogP contribution in [0.2, 0.25) is 0 Å². The molecule has 0 fully saturated rings. The average molecular weight is 314 g/mol. The van der Waals surface area contributed by atoms with E-state index in [1.54, 1.807) is 12.1 Å². The first-order valence-corrected chi connectivity index (χ1v) is 8.30. The molecule has 0 saturated carbocycles. The van der Waals surface area contributed by atoms with E-state index >= 15 is 0 Å². The lowest BCUT2D eigenvalue weighted by molar-refractivity contribution is -0.122. The van der Waals surface area contributed by atoms with Crippen molar-refractivity contribution in [2.75, 3.05) is 6.61 Å². The van der Waals surface area contributed by atoms with Gasteiger partial charge in [-0.25, -0.2) is 8.42 Å². The Bertz CT molecular complexity index is 567. The van der Waals surface area contributed by atoms with Crippen LogP contribution in [0.5, 0.6) is 5.75 Å². The fraction of sp³-hybridized carbons (Fsp3) is 0.500. The molecule has 0 aliphatic carbocycles. The maximum absolute atomic E-state index is 12.2. The number of hydrogen-bond acceptors (Lipinski definition) is 4. The molecular formula is C14H22N2O4S. The molecule has 1 atom stereocenters. The minimum absolute atomic E-state index is 0.0464. The summed E-state index contributed by atoms with van der Waals surface area (Å²) in [5, 5.41) is 2.66. The summed E-state index contributed by atoms with van der Waals surface area (Å²) < 4.78 is 31.9. The number of carbonyl (C=O) groups excluding carboxylic acids is 1. The van der Waals surface area contributed by atoms with Crippen molar-refractivity contribution in [3.63, 3.8) is 0 Å². The second-order valence-corrected chi connectivity index (χ2v) is 6.62. The summed E-state index contributed by atoms with van der Waals surface area (Å²) in [5.74, 6) is 0.238. The Morgan fingerprint density at radius 3 is 2.24 bits per heavy atom. The normalized spacial score (nSPS) is 13.0.